The number of benzene rings is 2. The first kappa shape index (κ1) is 19.2. The summed E-state index contributed by atoms with van der Waals surface area (Å²) in [6.07, 6.45) is 0.628. The molecule has 0 saturated heterocycles. The average Bonchev–Trinajstić information content (AvgIpc) is 2.53. The molecule has 24 heavy (non-hydrogen) atoms. The number of carbonyl (C=O) groups is 1. The number of amides is 2. The van der Waals surface area contributed by atoms with Gasteiger partial charge in [0.1, 0.15) is 5.75 Å². The van der Waals surface area contributed by atoms with Gasteiger partial charge in [0, 0.05) is 11.0 Å². The Labute approximate surface area is 163 Å². The number of ether oxygens (including phenoxy) is 1. The lowest BCUT2D eigenvalue weighted by molar-refractivity contribution is 0.250. The van der Waals surface area contributed by atoms with Crippen molar-refractivity contribution in [2.75, 3.05) is 18.5 Å². The molecule has 2 aromatic carbocycles. The van der Waals surface area contributed by atoms with Gasteiger partial charge in [-0.05, 0) is 36.8 Å². The third-order valence-corrected chi connectivity index (χ3v) is 4.57. The molecule has 4 nitrogen and oxygen atoms in total. The van der Waals surface area contributed by atoms with Crippen LogP contribution in [0.15, 0.2) is 40.9 Å². The number of halogens is 4. The maximum atomic E-state index is 11.8. The SMILES string of the molecule is O=C(NCCCOc1ccc(Br)cc1Cl)Nc1cccc(Cl)c1Cl. The lowest BCUT2D eigenvalue weighted by Gasteiger charge is -2.11. The molecule has 0 bridgehead atoms. The number of rotatable bonds is 6. The summed E-state index contributed by atoms with van der Waals surface area (Å²) in [6.45, 7) is 0.873. The van der Waals surface area contributed by atoms with Crippen molar-refractivity contribution in [1.29, 1.82) is 0 Å². The van der Waals surface area contributed by atoms with Crippen molar-refractivity contribution in [3.8, 4) is 5.75 Å². The quantitative estimate of drug-likeness (QED) is 0.528. The minimum absolute atomic E-state index is 0.308. The molecule has 0 saturated carbocycles. The first-order chi connectivity index (χ1) is 11.5. The molecule has 0 heterocycles. The summed E-state index contributed by atoms with van der Waals surface area (Å²) in [7, 11) is 0. The zero-order chi connectivity index (χ0) is 17.5. The zero-order valence-electron chi connectivity index (χ0n) is 12.4. The van der Waals surface area contributed by atoms with Crippen molar-refractivity contribution in [3.05, 3.63) is 55.9 Å². The van der Waals surface area contributed by atoms with E-state index in [1.54, 1.807) is 30.3 Å². The van der Waals surface area contributed by atoms with Gasteiger partial charge in [-0.2, -0.15) is 0 Å². The molecule has 2 N–H and O–H groups in total. The molecule has 0 spiro atoms. The summed E-state index contributed by atoms with van der Waals surface area (Å²) in [6, 6.07) is 10.1. The average molecular weight is 453 g/mol. The van der Waals surface area contributed by atoms with Crippen LogP contribution in [0.4, 0.5) is 10.5 Å². The molecule has 2 aromatic rings. The van der Waals surface area contributed by atoms with Crippen LogP contribution in [-0.4, -0.2) is 19.2 Å². The first-order valence-electron chi connectivity index (χ1n) is 7.04. The van der Waals surface area contributed by atoms with Crippen molar-refractivity contribution < 1.29 is 9.53 Å². The maximum Gasteiger partial charge on any atom is 0.319 e. The van der Waals surface area contributed by atoms with Crippen molar-refractivity contribution >= 4 is 62.5 Å². The van der Waals surface area contributed by atoms with Crippen molar-refractivity contribution in [1.82, 2.24) is 5.32 Å². The summed E-state index contributed by atoms with van der Waals surface area (Å²) in [5, 5.41) is 6.58. The molecule has 0 aromatic heterocycles. The van der Waals surface area contributed by atoms with E-state index in [0.29, 0.717) is 46.1 Å². The van der Waals surface area contributed by atoms with Gasteiger partial charge in [-0.25, -0.2) is 4.79 Å². The number of hydrogen-bond donors (Lipinski definition) is 2. The van der Waals surface area contributed by atoms with E-state index in [9.17, 15) is 4.79 Å². The number of anilines is 1. The Morgan fingerprint density at radius 1 is 1.12 bits per heavy atom. The molecule has 0 atom stereocenters. The summed E-state index contributed by atoms with van der Waals surface area (Å²) >= 11 is 21.3. The van der Waals surface area contributed by atoms with Gasteiger partial charge in [0.05, 0.1) is 27.4 Å². The predicted molar refractivity (Wildman–Crippen MR) is 103 cm³/mol. The van der Waals surface area contributed by atoms with Crippen molar-refractivity contribution in [3.63, 3.8) is 0 Å². The van der Waals surface area contributed by atoms with Crippen LogP contribution in [0, 0.1) is 0 Å². The molecule has 2 amide bonds. The van der Waals surface area contributed by atoms with Crippen LogP contribution in [0.2, 0.25) is 15.1 Å². The van der Waals surface area contributed by atoms with Gasteiger partial charge in [-0.3, -0.25) is 0 Å². The Bertz CT molecular complexity index is 728. The molecular weight excluding hydrogens is 438 g/mol. The summed E-state index contributed by atoms with van der Waals surface area (Å²) in [5.74, 6) is 0.607. The number of carbonyl (C=O) groups excluding carboxylic acids is 1. The van der Waals surface area contributed by atoms with Crippen LogP contribution in [0.1, 0.15) is 6.42 Å². The Kier molecular flexibility index (Phi) is 7.49. The lowest BCUT2D eigenvalue weighted by Crippen LogP contribution is -2.30. The fraction of sp³-hybridized carbons (Fsp3) is 0.188. The van der Waals surface area contributed by atoms with Gasteiger partial charge in [0.15, 0.2) is 0 Å². The fourth-order valence-corrected chi connectivity index (χ4v) is 2.89. The van der Waals surface area contributed by atoms with Crippen LogP contribution in [0.25, 0.3) is 0 Å². The minimum Gasteiger partial charge on any atom is -0.492 e. The molecular formula is C16H14BrCl3N2O2. The van der Waals surface area contributed by atoms with Gasteiger partial charge >= 0.3 is 6.03 Å². The maximum absolute atomic E-state index is 11.8. The summed E-state index contributed by atoms with van der Waals surface area (Å²) in [5.41, 5.74) is 0.458. The van der Waals surface area contributed by atoms with Crippen LogP contribution >= 0.6 is 50.7 Å². The van der Waals surface area contributed by atoms with E-state index in [2.05, 4.69) is 26.6 Å². The highest BCUT2D eigenvalue weighted by Gasteiger charge is 2.07. The van der Waals surface area contributed by atoms with E-state index in [1.165, 1.54) is 0 Å². The van der Waals surface area contributed by atoms with Gasteiger partial charge in [0.2, 0.25) is 0 Å². The molecule has 0 aliphatic carbocycles. The Hall–Kier alpha value is -1.14. The topological polar surface area (TPSA) is 50.4 Å². The van der Waals surface area contributed by atoms with Gasteiger partial charge < -0.3 is 15.4 Å². The van der Waals surface area contributed by atoms with Crippen molar-refractivity contribution in [2.24, 2.45) is 0 Å². The second-order valence-corrected chi connectivity index (χ2v) is 6.87. The molecule has 2 rings (SSSR count). The molecule has 0 unspecified atom stereocenters. The largest absolute Gasteiger partial charge is 0.492 e. The number of nitrogens with one attached hydrogen (secondary N) is 2. The van der Waals surface area contributed by atoms with E-state index in [1.807, 2.05) is 6.07 Å². The van der Waals surface area contributed by atoms with Crippen LogP contribution in [0.3, 0.4) is 0 Å². The Balaban J connectivity index is 1.70. The molecule has 8 heteroatoms. The van der Waals surface area contributed by atoms with Crippen molar-refractivity contribution in [2.45, 2.75) is 6.42 Å². The second-order valence-electron chi connectivity index (χ2n) is 4.76. The predicted octanol–water partition coefficient (Wildman–Crippen LogP) is 6.00. The monoisotopic (exact) mass is 450 g/mol. The van der Waals surface area contributed by atoms with E-state index in [0.717, 1.165) is 4.47 Å². The number of hydrogen-bond acceptors (Lipinski definition) is 2. The molecule has 0 fully saturated rings. The molecule has 0 aliphatic heterocycles. The van der Waals surface area contributed by atoms with E-state index in [4.69, 9.17) is 39.5 Å². The van der Waals surface area contributed by atoms with Crippen LogP contribution < -0.4 is 15.4 Å². The Morgan fingerprint density at radius 2 is 1.92 bits per heavy atom. The van der Waals surface area contributed by atoms with E-state index in [-0.39, 0.29) is 6.03 Å². The normalized spacial score (nSPS) is 10.3. The first-order valence-corrected chi connectivity index (χ1v) is 8.97. The van der Waals surface area contributed by atoms with E-state index >= 15 is 0 Å². The lowest BCUT2D eigenvalue weighted by atomic mass is 10.3. The van der Waals surface area contributed by atoms with Gasteiger partial charge in [0.25, 0.3) is 0 Å². The van der Waals surface area contributed by atoms with Gasteiger partial charge in [-0.1, -0.05) is 56.8 Å². The van der Waals surface area contributed by atoms with E-state index < -0.39 is 0 Å². The van der Waals surface area contributed by atoms with Crippen LogP contribution in [0.5, 0.6) is 5.75 Å². The molecule has 128 valence electrons. The highest BCUT2D eigenvalue weighted by Crippen LogP contribution is 2.29. The number of urea groups is 1. The third-order valence-electron chi connectivity index (χ3n) is 2.96. The highest BCUT2D eigenvalue weighted by molar-refractivity contribution is 9.10. The minimum atomic E-state index is -0.360. The third kappa shape index (κ3) is 5.74. The fourth-order valence-electron chi connectivity index (χ4n) is 1.82. The zero-order valence-corrected chi connectivity index (χ0v) is 16.3. The van der Waals surface area contributed by atoms with Crippen LogP contribution in [-0.2, 0) is 0 Å². The summed E-state index contributed by atoms with van der Waals surface area (Å²) in [4.78, 5) is 11.8. The molecule has 0 aliphatic rings. The van der Waals surface area contributed by atoms with Gasteiger partial charge in [-0.15, -0.1) is 0 Å². The highest BCUT2D eigenvalue weighted by atomic mass is 79.9. The second kappa shape index (κ2) is 9.37. The Morgan fingerprint density at radius 3 is 2.67 bits per heavy atom. The standard InChI is InChI=1S/C16H14BrCl3N2O2/c17-10-5-6-14(12(19)9-10)24-8-2-7-21-16(23)22-13-4-1-3-11(18)15(13)20/h1,3-6,9H,2,7-8H2,(H2,21,22,23). The smallest absolute Gasteiger partial charge is 0.319 e. The summed E-state index contributed by atoms with van der Waals surface area (Å²) < 4.78 is 6.45. The molecule has 0 radical (unpaired) electrons.